The topological polar surface area (TPSA) is 125 Å². The molecule has 1 heterocycles. The normalized spacial score (nSPS) is 16.9. The van der Waals surface area contributed by atoms with Gasteiger partial charge in [0.2, 0.25) is 0 Å². The largest absolute Gasteiger partial charge is 0.444 e. The summed E-state index contributed by atoms with van der Waals surface area (Å²) >= 11 is 11.7. The number of hydrogen-bond donors (Lipinski definition) is 2. The van der Waals surface area contributed by atoms with Crippen LogP contribution in [0.25, 0.3) is 0 Å². The summed E-state index contributed by atoms with van der Waals surface area (Å²) in [7, 11) is 0. The molecule has 0 aliphatic carbocycles. The highest BCUT2D eigenvalue weighted by Gasteiger charge is 2.42. The Labute approximate surface area is 208 Å². The SMILES string of the molecule is CC(C)(C)OC(=O)N[C@@H](Cc1ccc(N(CCCl)CCCl)cc1)C(=O)ON1C(=O)CC(O)C1=O. The van der Waals surface area contributed by atoms with Crippen LogP contribution in [0.4, 0.5) is 10.5 Å². The number of ether oxygens (including phenoxy) is 1. The standard InChI is InChI=1S/C22H29Cl2N3O7/c1-22(2,3)33-21(32)25-16(20(31)34-27-18(29)13-17(28)19(27)30)12-14-4-6-15(7-5-14)26(10-8-23)11-9-24/h4-7,16-17,28H,8-13H2,1-3H3,(H,25,32)/t16-,17?/m0/s1. The highest BCUT2D eigenvalue weighted by Crippen LogP contribution is 2.19. The lowest BCUT2D eigenvalue weighted by Gasteiger charge is -2.25. The number of alkyl halides is 2. The van der Waals surface area contributed by atoms with Crippen LogP contribution in [0.3, 0.4) is 0 Å². The Morgan fingerprint density at radius 3 is 2.24 bits per heavy atom. The number of aliphatic hydroxyl groups is 1. The van der Waals surface area contributed by atoms with Crippen molar-refractivity contribution in [2.24, 2.45) is 0 Å². The zero-order valence-corrected chi connectivity index (χ0v) is 20.8. The molecule has 0 aromatic heterocycles. The first-order valence-electron chi connectivity index (χ1n) is 10.7. The number of alkyl carbamates (subject to hydrolysis) is 1. The van der Waals surface area contributed by atoms with Gasteiger partial charge in [-0.05, 0) is 38.5 Å². The molecular weight excluding hydrogens is 489 g/mol. The minimum Gasteiger partial charge on any atom is -0.444 e. The van der Waals surface area contributed by atoms with Crippen LogP contribution in [0.1, 0.15) is 32.8 Å². The van der Waals surface area contributed by atoms with Crippen molar-refractivity contribution >= 4 is 52.8 Å². The van der Waals surface area contributed by atoms with Crippen molar-refractivity contribution in [2.75, 3.05) is 29.7 Å². The molecule has 0 bridgehead atoms. The van der Waals surface area contributed by atoms with E-state index in [1.165, 1.54) is 0 Å². The Hall–Kier alpha value is -2.56. The van der Waals surface area contributed by atoms with Gasteiger partial charge in [-0.25, -0.2) is 9.59 Å². The molecule has 188 valence electrons. The van der Waals surface area contributed by atoms with E-state index in [1.54, 1.807) is 32.9 Å². The summed E-state index contributed by atoms with van der Waals surface area (Å²) < 4.78 is 5.21. The van der Waals surface area contributed by atoms with Crippen molar-refractivity contribution in [3.8, 4) is 0 Å². The minimum absolute atomic E-state index is 0.0118. The van der Waals surface area contributed by atoms with E-state index in [0.29, 0.717) is 30.4 Å². The third kappa shape index (κ3) is 8.03. The molecule has 1 saturated heterocycles. The number of carbonyl (C=O) groups excluding carboxylic acids is 4. The molecule has 1 aromatic carbocycles. The van der Waals surface area contributed by atoms with Gasteiger partial charge in [0, 0.05) is 37.0 Å². The second kappa shape index (κ2) is 12.2. The van der Waals surface area contributed by atoms with Gasteiger partial charge in [-0.2, -0.15) is 0 Å². The maximum atomic E-state index is 12.8. The maximum Gasteiger partial charge on any atom is 0.408 e. The van der Waals surface area contributed by atoms with Crippen LogP contribution < -0.4 is 10.2 Å². The number of imide groups is 1. The quantitative estimate of drug-likeness (QED) is 0.356. The first-order valence-corrected chi connectivity index (χ1v) is 11.7. The van der Waals surface area contributed by atoms with Gasteiger partial charge in [-0.15, -0.1) is 23.2 Å². The molecule has 0 saturated carbocycles. The number of carbonyl (C=O) groups is 4. The maximum absolute atomic E-state index is 12.8. The Balaban J connectivity index is 2.18. The highest BCUT2D eigenvalue weighted by molar-refractivity contribution is 6.18. The van der Waals surface area contributed by atoms with Gasteiger partial charge in [0.05, 0.1) is 6.42 Å². The number of hydroxylamine groups is 2. The van der Waals surface area contributed by atoms with E-state index < -0.39 is 48.0 Å². The van der Waals surface area contributed by atoms with Crippen molar-refractivity contribution < 1.29 is 33.9 Å². The number of anilines is 1. The van der Waals surface area contributed by atoms with Gasteiger partial charge >= 0.3 is 12.1 Å². The van der Waals surface area contributed by atoms with E-state index in [-0.39, 0.29) is 11.5 Å². The van der Waals surface area contributed by atoms with Gasteiger partial charge in [0.1, 0.15) is 17.7 Å². The van der Waals surface area contributed by atoms with Crippen LogP contribution >= 0.6 is 23.2 Å². The molecule has 0 radical (unpaired) electrons. The fourth-order valence-electron chi connectivity index (χ4n) is 3.14. The summed E-state index contributed by atoms with van der Waals surface area (Å²) in [5, 5.41) is 12.2. The van der Waals surface area contributed by atoms with Gasteiger partial charge < -0.3 is 24.9 Å². The Kier molecular flexibility index (Phi) is 9.96. The molecule has 0 spiro atoms. The Bertz CT molecular complexity index is 883. The van der Waals surface area contributed by atoms with E-state index in [1.807, 2.05) is 17.0 Å². The predicted octanol–water partition coefficient (Wildman–Crippen LogP) is 1.98. The zero-order valence-electron chi connectivity index (χ0n) is 19.3. The molecule has 1 aromatic rings. The van der Waals surface area contributed by atoms with Crippen LogP contribution in [-0.4, -0.2) is 76.6 Å². The van der Waals surface area contributed by atoms with Gasteiger partial charge in [-0.1, -0.05) is 17.2 Å². The number of halogens is 2. The van der Waals surface area contributed by atoms with Gasteiger partial charge in [-0.3, -0.25) is 9.59 Å². The molecule has 2 N–H and O–H groups in total. The number of rotatable bonds is 10. The average Bonchev–Trinajstić information content (AvgIpc) is 2.98. The Morgan fingerprint density at radius 2 is 1.76 bits per heavy atom. The molecular formula is C22H29Cl2N3O7. The molecule has 3 amide bonds. The molecule has 10 nitrogen and oxygen atoms in total. The summed E-state index contributed by atoms with van der Waals surface area (Å²) in [4.78, 5) is 55.8. The van der Waals surface area contributed by atoms with Crippen molar-refractivity contribution in [3.63, 3.8) is 0 Å². The van der Waals surface area contributed by atoms with Crippen molar-refractivity contribution in [1.29, 1.82) is 0 Å². The molecule has 34 heavy (non-hydrogen) atoms. The third-order valence-corrected chi connectivity index (χ3v) is 5.02. The number of nitrogens with zero attached hydrogens (tertiary/aromatic N) is 2. The van der Waals surface area contributed by atoms with Crippen molar-refractivity contribution in [2.45, 2.75) is 51.4 Å². The number of hydrogen-bond acceptors (Lipinski definition) is 8. The van der Waals surface area contributed by atoms with Crippen LogP contribution in [0.15, 0.2) is 24.3 Å². The second-order valence-electron chi connectivity index (χ2n) is 8.59. The second-order valence-corrected chi connectivity index (χ2v) is 9.35. The fourth-order valence-corrected chi connectivity index (χ4v) is 3.55. The monoisotopic (exact) mass is 517 g/mol. The summed E-state index contributed by atoms with van der Waals surface area (Å²) in [6, 6.07) is 5.90. The van der Waals surface area contributed by atoms with E-state index in [2.05, 4.69) is 5.32 Å². The van der Waals surface area contributed by atoms with Gasteiger partial charge in [0.25, 0.3) is 11.8 Å². The minimum atomic E-state index is -1.57. The van der Waals surface area contributed by atoms with Crippen LogP contribution in [0.2, 0.25) is 0 Å². The molecule has 1 aliphatic rings. The fraction of sp³-hybridized carbons (Fsp3) is 0.545. The van der Waals surface area contributed by atoms with E-state index in [0.717, 1.165) is 5.69 Å². The summed E-state index contributed by atoms with van der Waals surface area (Å²) in [6.45, 7) is 6.19. The lowest BCUT2D eigenvalue weighted by molar-refractivity contribution is -0.200. The van der Waals surface area contributed by atoms with Gasteiger partial charge in [0.15, 0.2) is 0 Å². The molecule has 2 rings (SSSR count). The van der Waals surface area contributed by atoms with Crippen LogP contribution in [0, 0.1) is 0 Å². The summed E-state index contributed by atoms with van der Waals surface area (Å²) in [6.07, 6.45) is -2.95. The van der Waals surface area contributed by atoms with Crippen LogP contribution in [0.5, 0.6) is 0 Å². The van der Waals surface area contributed by atoms with E-state index >= 15 is 0 Å². The predicted molar refractivity (Wildman–Crippen MR) is 126 cm³/mol. The lowest BCUT2D eigenvalue weighted by atomic mass is 10.1. The number of benzene rings is 1. The molecule has 2 atom stereocenters. The first-order chi connectivity index (χ1) is 15.9. The lowest BCUT2D eigenvalue weighted by Crippen LogP contribution is -2.48. The smallest absolute Gasteiger partial charge is 0.408 e. The zero-order chi connectivity index (χ0) is 25.5. The molecule has 12 heteroatoms. The summed E-state index contributed by atoms with van der Waals surface area (Å²) in [5.74, 6) is -2.11. The first kappa shape index (κ1) is 27.7. The van der Waals surface area contributed by atoms with Crippen molar-refractivity contribution in [3.05, 3.63) is 29.8 Å². The molecule has 1 unspecified atom stereocenters. The average molecular weight is 518 g/mol. The molecule has 1 aliphatic heterocycles. The van der Waals surface area contributed by atoms with Crippen molar-refractivity contribution in [1.82, 2.24) is 10.4 Å². The van der Waals surface area contributed by atoms with E-state index in [4.69, 9.17) is 32.8 Å². The summed E-state index contributed by atoms with van der Waals surface area (Å²) in [5.41, 5.74) is 0.725. The third-order valence-electron chi connectivity index (χ3n) is 4.69. The highest BCUT2D eigenvalue weighted by atomic mass is 35.5. The van der Waals surface area contributed by atoms with E-state index in [9.17, 15) is 24.3 Å². The Morgan fingerprint density at radius 1 is 1.18 bits per heavy atom. The number of amides is 3. The number of aliphatic hydroxyl groups excluding tert-OH is 1. The van der Waals surface area contributed by atoms with Crippen LogP contribution in [-0.2, 0) is 30.4 Å². The molecule has 1 fully saturated rings. The number of nitrogens with one attached hydrogen (secondary N) is 1.